The summed E-state index contributed by atoms with van der Waals surface area (Å²) in [6, 6.07) is 7.23. The van der Waals surface area contributed by atoms with Crippen LogP contribution in [0.3, 0.4) is 0 Å². The first-order valence-corrected chi connectivity index (χ1v) is 8.10. The Bertz CT molecular complexity index is 749. The van der Waals surface area contributed by atoms with Crippen LogP contribution in [0.4, 0.5) is 5.69 Å². The lowest BCUT2D eigenvalue weighted by Gasteiger charge is -2.11. The topological polar surface area (TPSA) is 76.0 Å². The van der Waals surface area contributed by atoms with E-state index in [1.807, 2.05) is 39.8 Å². The summed E-state index contributed by atoms with van der Waals surface area (Å²) in [6.07, 6.45) is 0.879. The molecule has 0 unspecified atom stereocenters. The number of nitrogens with zero attached hydrogens (tertiary/aromatic N) is 2. The van der Waals surface area contributed by atoms with Gasteiger partial charge in [-0.25, -0.2) is 0 Å². The molecule has 1 aromatic heterocycles. The minimum absolute atomic E-state index is 0.133. The van der Waals surface area contributed by atoms with Crippen LogP contribution in [0.1, 0.15) is 40.7 Å². The molecule has 2 amide bonds. The van der Waals surface area contributed by atoms with E-state index in [-0.39, 0.29) is 18.4 Å². The van der Waals surface area contributed by atoms with Crippen molar-refractivity contribution in [3.8, 4) is 0 Å². The Kier molecular flexibility index (Phi) is 5.73. The number of hydrogen-bond donors (Lipinski definition) is 2. The molecule has 0 aliphatic rings. The average Bonchev–Trinajstić information content (AvgIpc) is 2.84. The second-order valence-corrected chi connectivity index (χ2v) is 5.92. The molecule has 2 rings (SSSR count). The molecule has 0 fully saturated rings. The van der Waals surface area contributed by atoms with Crippen LogP contribution in [0.2, 0.25) is 0 Å². The van der Waals surface area contributed by atoms with Crippen molar-refractivity contribution in [2.45, 2.75) is 40.7 Å². The van der Waals surface area contributed by atoms with Gasteiger partial charge in [0.25, 0.3) is 5.91 Å². The lowest BCUT2D eigenvalue weighted by atomic mass is 10.1. The predicted molar refractivity (Wildman–Crippen MR) is 94.1 cm³/mol. The van der Waals surface area contributed by atoms with Crippen molar-refractivity contribution in [3.63, 3.8) is 0 Å². The van der Waals surface area contributed by atoms with Gasteiger partial charge in [-0.2, -0.15) is 5.10 Å². The number of carbonyl (C=O) groups is 2. The molecule has 1 aromatic carbocycles. The predicted octanol–water partition coefficient (Wildman–Crippen LogP) is 2.59. The van der Waals surface area contributed by atoms with Crippen molar-refractivity contribution in [1.29, 1.82) is 0 Å². The maximum atomic E-state index is 12.3. The summed E-state index contributed by atoms with van der Waals surface area (Å²) in [7, 11) is 0. The van der Waals surface area contributed by atoms with Gasteiger partial charge in [0.1, 0.15) is 6.54 Å². The smallest absolute Gasteiger partial charge is 0.251 e. The summed E-state index contributed by atoms with van der Waals surface area (Å²) in [5, 5.41) is 9.99. The van der Waals surface area contributed by atoms with E-state index in [0.29, 0.717) is 17.8 Å². The number of rotatable bonds is 6. The molecule has 6 heteroatoms. The van der Waals surface area contributed by atoms with Gasteiger partial charge in [0.2, 0.25) is 5.91 Å². The van der Waals surface area contributed by atoms with E-state index in [4.69, 9.17) is 0 Å². The van der Waals surface area contributed by atoms with Crippen molar-refractivity contribution in [2.24, 2.45) is 0 Å². The number of anilines is 1. The molecule has 128 valence electrons. The molecule has 0 spiro atoms. The Balaban J connectivity index is 2.09. The van der Waals surface area contributed by atoms with Crippen LogP contribution in [0.5, 0.6) is 0 Å². The zero-order valence-corrected chi connectivity index (χ0v) is 14.6. The van der Waals surface area contributed by atoms with Gasteiger partial charge in [-0.05, 0) is 51.0 Å². The van der Waals surface area contributed by atoms with Gasteiger partial charge < -0.3 is 10.6 Å². The molecular weight excluding hydrogens is 304 g/mol. The largest absolute Gasteiger partial charge is 0.352 e. The van der Waals surface area contributed by atoms with Crippen LogP contribution in [-0.4, -0.2) is 28.1 Å². The van der Waals surface area contributed by atoms with E-state index in [1.165, 1.54) is 0 Å². The fourth-order valence-electron chi connectivity index (χ4n) is 2.40. The molecular formula is C18H24N4O2. The van der Waals surface area contributed by atoms with Crippen molar-refractivity contribution in [3.05, 3.63) is 46.8 Å². The molecule has 0 bridgehead atoms. The highest BCUT2D eigenvalue weighted by atomic mass is 16.2. The summed E-state index contributed by atoms with van der Waals surface area (Å²) in [5.74, 6) is -0.304. The van der Waals surface area contributed by atoms with Crippen LogP contribution in [0.25, 0.3) is 0 Å². The number of benzene rings is 1. The summed E-state index contributed by atoms with van der Waals surface area (Å²) in [6.45, 7) is 8.48. The van der Waals surface area contributed by atoms with Crippen LogP contribution < -0.4 is 10.6 Å². The second kappa shape index (κ2) is 7.77. The summed E-state index contributed by atoms with van der Waals surface area (Å²) < 4.78 is 1.66. The molecule has 0 radical (unpaired) electrons. The highest BCUT2D eigenvalue weighted by Gasteiger charge is 2.11. The number of aromatic nitrogens is 2. The first-order valence-electron chi connectivity index (χ1n) is 8.10. The highest BCUT2D eigenvalue weighted by Crippen LogP contribution is 2.17. The molecule has 24 heavy (non-hydrogen) atoms. The molecule has 0 aliphatic carbocycles. The van der Waals surface area contributed by atoms with Crippen LogP contribution >= 0.6 is 0 Å². The van der Waals surface area contributed by atoms with Crippen molar-refractivity contribution < 1.29 is 9.59 Å². The Labute approximate surface area is 142 Å². The van der Waals surface area contributed by atoms with Gasteiger partial charge in [0.15, 0.2) is 0 Å². The lowest BCUT2D eigenvalue weighted by molar-refractivity contribution is -0.116. The maximum absolute atomic E-state index is 12.3. The number of aryl methyl sites for hydroxylation is 3. The molecule has 0 aliphatic heterocycles. The van der Waals surface area contributed by atoms with Gasteiger partial charge >= 0.3 is 0 Å². The van der Waals surface area contributed by atoms with E-state index < -0.39 is 0 Å². The maximum Gasteiger partial charge on any atom is 0.251 e. The van der Waals surface area contributed by atoms with E-state index >= 15 is 0 Å². The van der Waals surface area contributed by atoms with Crippen LogP contribution in [-0.2, 0) is 11.3 Å². The SMILES string of the molecule is CCCNC(=O)c1ccc(C)c(NC(=O)Cn2nc(C)cc2C)c1. The number of nitrogens with one attached hydrogen (secondary N) is 2. The normalized spacial score (nSPS) is 10.5. The fourth-order valence-corrected chi connectivity index (χ4v) is 2.40. The minimum atomic E-state index is -0.171. The molecule has 0 saturated heterocycles. The van der Waals surface area contributed by atoms with E-state index in [9.17, 15) is 9.59 Å². The number of amides is 2. The third-order valence-corrected chi connectivity index (χ3v) is 3.71. The van der Waals surface area contributed by atoms with Gasteiger partial charge in [-0.15, -0.1) is 0 Å². The quantitative estimate of drug-likeness (QED) is 0.856. The standard InChI is InChI=1S/C18H24N4O2/c1-5-8-19-18(24)15-7-6-12(2)16(10-15)20-17(23)11-22-14(4)9-13(3)21-22/h6-7,9-10H,5,8,11H2,1-4H3,(H,19,24)(H,20,23). The first kappa shape index (κ1) is 17.7. The van der Waals surface area contributed by atoms with Crippen LogP contribution in [0, 0.1) is 20.8 Å². The zero-order valence-electron chi connectivity index (χ0n) is 14.6. The second-order valence-electron chi connectivity index (χ2n) is 5.92. The Morgan fingerprint density at radius 1 is 1.17 bits per heavy atom. The van der Waals surface area contributed by atoms with Crippen molar-refractivity contribution in [2.75, 3.05) is 11.9 Å². The molecule has 1 heterocycles. The monoisotopic (exact) mass is 328 g/mol. The number of carbonyl (C=O) groups excluding carboxylic acids is 2. The number of hydrogen-bond acceptors (Lipinski definition) is 3. The fraction of sp³-hybridized carbons (Fsp3) is 0.389. The Hall–Kier alpha value is -2.63. The summed E-state index contributed by atoms with van der Waals surface area (Å²) in [5.41, 5.74) is 3.91. The zero-order chi connectivity index (χ0) is 17.7. The Morgan fingerprint density at radius 3 is 2.54 bits per heavy atom. The van der Waals surface area contributed by atoms with E-state index in [2.05, 4.69) is 15.7 Å². The van der Waals surface area contributed by atoms with Gasteiger partial charge in [0.05, 0.1) is 5.69 Å². The van der Waals surface area contributed by atoms with Gasteiger partial charge in [-0.3, -0.25) is 14.3 Å². The van der Waals surface area contributed by atoms with Gasteiger partial charge in [-0.1, -0.05) is 13.0 Å². The average molecular weight is 328 g/mol. The van der Waals surface area contributed by atoms with E-state index in [1.54, 1.807) is 16.8 Å². The van der Waals surface area contributed by atoms with Gasteiger partial charge in [0, 0.05) is 23.5 Å². The Morgan fingerprint density at radius 2 is 1.92 bits per heavy atom. The first-order chi connectivity index (χ1) is 11.4. The van der Waals surface area contributed by atoms with Crippen molar-refractivity contribution in [1.82, 2.24) is 15.1 Å². The van der Waals surface area contributed by atoms with Crippen LogP contribution in [0.15, 0.2) is 24.3 Å². The highest BCUT2D eigenvalue weighted by molar-refractivity contribution is 5.97. The third-order valence-electron chi connectivity index (χ3n) is 3.71. The third kappa shape index (κ3) is 4.44. The summed E-state index contributed by atoms with van der Waals surface area (Å²) >= 11 is 0. The minimum Gasteiger partial charge on any atom is -0.352 e. The summed E-state index contributed by atoms with van der Waals surface area (Å²) in [4.78, 5) is 24.3. The lowest BCUT2D eigenvalue weighted by Crippen LogP contribution is -2.24. The molecule has 0 saturated carbocycles. The van der Waals surface area contributed by atoms with E-state index in [0.717, 1.165) is 23.4 Å². The molecule has 6 nitrogen and oxygen atoms in total. The molecule has 2 aromatic rings. The van der Waals surface area contributed by atoms with Crippen molar-refractivity contribution >= 4 is 17.5 Å². The molecule has 0 atom stereocenters. The molecule has 2 N–H and O–H groups in total.